The molecule has 0 aliphatic carbocycles. The standard InChI is InChI=1S/C9H9N3O/c1-12-4-6(5-13)8-7(12)2-3-11-9(8)10/h2-5H,1H3,(H2,10,11). The zero-order valence-electron chi connectivity index (χ0n) is 7.19. The molecule has 4 nitrogen and oxygen atoms in total. The Hall–Kier alpha value is -1.84. The number of anilines is 1. The molecule has 0 unspecified atom stereocenters. The molecule has 0 spiro atoms. The number of aryl methyl sites for hydroxylation is 1. The van der Waals surface area contributed by atoms with Crippen molar-refractivity contribution in [2.75, 3.05) is 5.73 Å². The van der Waals surface area contributed by atoms with Crippen LogP contribution in [-0.2, 0) is 7.05 Å². The number of pyridine rings is 1. The average molecular weight is 175 g/mol. The summed E-state index contributed by atoms with van der Waals surface area (Å²) < 4.78 is 1.86. The third kappa shape index (κ3) is 0.989. The van der Waals surface area contributed by atoms with E-state index < -0.39 is 0 Å². The lowest BCUT2D eigenvalue weighted by Gasteiger charge is -1.96. The van der Waals surface area contributed by atoms with E-state index in [1.165, 1.54) is 0 Å². The summed E-state index contributed by atoms with van der Waals surface area (Å²) >= 11 is 0. The molecule has 0 radical (unpaired) electrons. The predicted octanol–water partition coefficient (Wildman–Crippen LogP) is 0.968. The van der Waals surface area contributed by atoms with Crippen LogP contribution in [0.3, 0.4) is 0 Å². The summed E-state index contributed by atoms with van der Waals surface area (Å²) in [5.41, 5.74) is 7.17. The molecular weight excluding hydrogens is 166 g/mol. The number of fused-ring (bicyclic) bond motifs is 1. The van der Waals surface area contributed by atoms with Crippen molar-refractivity contribution in [1.29, 1.82) is 0 Å². The Labute approximate surface area is 75.0 Å². The molecule has 0 saturated carbocycles. The van der Waals surface area contributed by atoms with Gasteiger partial charge in [0.2, 0.25) is 0 Å². The molecule has 0 atom stereocenters. The molecule has 13 heavy (non-hydrogen) atoms. The van der Waals surface area contributed by atoms with Crippen molar-refractivity contribution in [3.8, 4) is 0 Å². The van der Waals surface area contributed by atoms with Crippen LogP contribution in [0.5, 0.6) is 0 Å². The Bertz CT molecular complexity index is 473. The monoisotopic (exact) mass is 175 g/mol. The van der Waals surface area contributed by atoms with Crippen LogP contribution in [0.1, 0.15) is 10.4 Å². The summed E-state index contributed by atoms with van der Waals surface area (Å²) in [4.78, 5) is 14.6. The SMILES string of the molecule is Cn1cc(C=O)c2c(N)nccc21. The van der Waals surface area contributed by atoms with E-state index in [0.29, 0.717) is 11.4 Å². The average Bonchev–Trinajstić information content (AvgIpc) is 2.45. The molecule has 2 N–H and O–H groups in total. The van der Waals surface area contributed by atoms with Gasteiger partial charge in [-0.25, -0.2) is 4.98 Å². The fourth-order valence-electron chi connectivity index (χ4n) is 1.49. The molecule has 0 bridgehead atoms. The fraction of sp³-hybridized carbons (Fsp3) is 0.111. The van der Waals surface area contributed by atoms with Crippen LogP contribution in [0.15, 0.2) is 18.5 Å². The van der Waals surface area contributed by atoms with E-state index in [1.807, 2.05) is 17.7 Å². The number of nitrogens with zero attached hydrogens (tertiary/aromatic N) is 2. The number of carbonyl (C=O) groups excluding carboxylic acids is 1. The second-order valence-electron chi connectivity index (χ2n) is 2.90. The first kappa shape index (κ1) is 7.79. The molecule has 2 rings (SSSR count). The Balaban J connectivity index is 2.96. The summed E-state index contributed by atoms with van der Waals surface area (Å²) in [6.07, 6.45) is 4.17. The van der Waals surface area contributed by atoms with Gasteiger partial charge in [-0.05, 0) is 6.07 Å². The minimum atomic E-state index is 0.403. The highest BCUT2D eigenvalue weighted by molar-refractivity contribution is 6.02. The molecule has 0 aliphatic heterocycles. The van der Waals surface area contributed by atoms with E-state index in [0.717, 1.165) is 17.2 Å². The van der Waals surface area contributed by atoms with Crippen molar-refractivity contribution in [3.05, 3.63) is 24.0 Å². The maximum atomic E-state index is 10.7. The van der Waals surface area contributed by atoms with E-state index in [-0.39, 0.29) is 0 Å². The molecule has 0 aliphatic rings. The Kier molecular flexibility index (Phi) is 1.55. The van der Waals surface area contributed by atoms with E-state index in [4.69, 9.17) is 5.73 Å². The second kappa shape index (κ2) is 2.58. The van der Waals surface area contributed by atoms with Crippen LogP contribution in [0, 0.1) is 0 Å². The van der Waals surface area contributed by atoms with Crippen LogP contribution in [-0.4, -0.2) is 15.8 Å². The zero-order chi connectivity index (χ0) is 9.42. The Morgan fingerprint density at radius 2 is 2.38 bits per heavy atom. The number of hydrogen-bond acceptors (Lipinski definition) is 3. The molecule has 2 aromatic rings. The van der Waals surface area contributed by atoms with Crippen LogP contribution in [0.25, 0.3) is 10.9 Å². The molecule has 2 aromatic heterocycles. The van der Waals surface area contributed by atoms with Gasteiger partial charge in [0.1, 0.15) is 5.82 Å². The van der Waals surface area contributed by atoms with E-state index in [9.17, 15) is 4.79 Å². The maximum Gasteiger partial charge on any atom is 0.152 e. The first-order valence-corrected chi connectivity index (χ1v) is 3.88. The lowest BCUT2D eigenvalue weighted by Crippen LogP contribution is -1.91. The minimum absolute atomic E-state index is 0.403. The lowest BCUT2D eigenvalue weighted by atomic mass is 10.2. The lowest BCUT2D eigenvalue weighted by molar-refractivity contribution is 0.112. The third-order valence-electron chi connectivity index (χ3n) is 2.09. The number of rotatable bonds is 1. The van der Waals surface area contributed by atoms with Gasteiger partial charge in [-0.3, -0.25) is 4.79 Å². The summed E-state index contributed by atoms with van der Waals surface area (Å²) in [7, 11) is 1.87. The molecule has 0 aromatic carbocycles. The van der Waals surface area contributed by atoms with Gasteiger partial charge in [-0.2, -0.15) is 0 Å². The molecular formula is C9H9N3O. The smallest absolute Gasteiger partial charge is 0.152 e. The van der Waals surface area contributed by atoms with Gasteiger partial charge >= 0.3 is 0 Å². The molecule has 0 saturated heterocycles. The van der Waals surface area contributed by atoms with Gasteiger partial charge in [-0.15, -0.1) is 0 Å². The van der Waals surface area contributed by atoms with Crippen LogP contribution < -0.4 is 5.73 Å². The van der Waals surface area contributed by atoms with Crippen LogP contribution in [0.4, 0.5) is 5.82 Å². The van der Waals surface area contributed by atoms with Crippen molar-refractivity contribution in [2.24, 2.45) is 7.05 Å². The Morgan fingerprint density at radius 1 is 1.62 bits per heavy atom. The van der Waals surface area contributed by atoms with E-state index in [1.54, 1.807) is 12.4 Å². The highest BCUT2D eigenvalue weighted by Gasteiger charge is 2.08. The van der Waals surface area contributed by atoms with Gasteiger partial charge in [0.15, 0.2) is 6.29 Å². The number of nitrogens with two attached hydrogens (primary N) is 1. The molecule has 0 fully saturated rings. The molecule has 4 heteroatoms. The van der Waals surface area contributed by atoms with E-state index in [2.05, 4.69) is 4.98 Å². The largest absolute Gasteiger partial charge is 0.383 e. The van der Waals surface area contributed by atoms with Gasteiger partial charge < -0.3 is 10.3 Å². The van der Waals surface area contributed by atoms with Crippen LogP contribution in [0.2, 0.25) is 0 Å². The summed E-state index contributed by atoms with van der Waals surface area (Å²) in [5.74, 6) is 0.403. The summed E-state index contributed by atoms with van der Waals surface area (Å²) in [5, 5.41) is 0.736. The summed E-state index contributed by atoms with van der Waals surface area (Å²) in [6, 6.07) is 1.83. The number of hydrogen-bond donors (Lipinski definition) is 1. The van der Waals surface area contributed by atoms with Gasteiger partial charge in [0, 0.05) is 25.0 Å². The molecule has 66 valence electrons. The quantitative estimate of drug-likeness (QED) is 0.657. The van der Waals surface area contributed by atoms with Gasteiger partial charge in [0.05, 0.1) is 10.9 Å². The number of carbonyl (C=O) groups is 1. The van der Waals surface area contributed by atoms with Crippen molar-refractivity contribution in [3.63, 3.8) is 0 Å². The molecule has 2 heterocycles. The predicted molar refractivity (Wildman–Crippen MR) is 50.5 cm³/mol. The van der Waals surface area contributed by atoms with Crippen molar-refractivity contribution >= 4 is 23.0 Å². The highest BCUT2D eigenvalue weighted by atomic mass is 16.1. The first-order chi connectivity index (χ1) is 6.24. The highest BCUT2D eigenvalue weighted by Crippen LogP contribution is 2.22. The van der Waals surface area contributed by atoms with E-state index >= 15 is 0 Å². The molecule has 0 amide bonds. The maximum absolute atomic E-state index is 10.7. The van der Waals surface area contributed by atoms with Crippen LogP contribution >= 0.6 is 0 Å². The van der Waals surface area contributed by atoms with Crippen molar-refractivity contribution in [1.82, 2.24) is 9.55 Å². The zero-order valence-corrected chi connectivity index (χ0v) is 7.19. The first-order valence-electron chi connectivity index (χ1n) is 3.88. The second-order valence-corrected chi connectivity index (χ2v) is 2.90. The topological polar surface area (TPSA) is 60.9 Å². The van der Waals surface area contributed by atoms with Crippen molar-refractivity contribution < 1.29 is 4.79 Å². The summed E-state index contributed by atoms with van der Waals surface area (Å²) in [6.45, 7) is 0. The number of nitrogen functional groups attached to an aromatic ring is 1. The minimum Gasteiger partial charge on any atom is -0.383 e. The third-order valence-corrected chi connectivity index (χ3v) is 2.09. The number of aldehydes is 1. The van der Waals surface area contributed by atoms with Gasteiger partial charge in [-0.1, -0.05) is 0 Å². The normalized spacial score (nSPS) is 10.5. The fourth-order valence-corrected chi connectivity index (χ4v) is 1.49. The number of aromatic nitrogens is 2. The van der Waals surface area contributed by atoms with Gasteiger partial charge in [0.25, 0.3) is 0 Å². The Morgan fingerprint density at radius 3 is 3.08 bits per heavy atom. The van der Waals surface area contributed by atoms with Crippen molar-refractivity contribution in [2.45, 2.75) is 0 Å².